The van der Waals surface area contributed by atoms with Crippen LogP contribution in [0.4, 0.5) is 5.69 Å². The molecule has 144 valence electrons. The summed E-state index contributed by atoms with van der Waals surface area (Å²) in [6.45, 7) is 5.84. The van der Waals surface area contributed by atoms with Crippen LogP contribution < -0.4 is 5.32 Å². The molecule has 0 aromatic heterocycles. The van der Waals surface area contributed by atoms with E-state index >= 15 is 0 Å². The quantitative estimate of drug-likeness (QED) is 0.756. The first kappa shape index (κ1) is 20.6. The fourth-order valence-electron chi connectivity index (χ4n) is 2.66. The summed E-state index contributed by atoms with van der Waals surface area (Å²) < 4.78 is 26.9. The third-order valence-corrected chi connectivity index (χ3v) is 6.33. The summed E-state index contributed by atoms with van der Waals surface area (Å²) in [5, 5.41) is 11.6. The Kier molecular flexibility index (Phi) is 6.35. The predicted molar refractivity (Wildman–Crippen MR) is 103 cm³/mol. The van der Waals surface area contributed by atoms with Gasteiger partial charge in [0, 0.05) is 24.3 Å². The van der Waals surface area contributed by atoms with Crippen molar-refractivity contribution in [3.05, 3.63) is 59.2 Å². The number of nitrogens with zero attached hydrogens (tertiary/aromatic N) is 1. The number of hydrogen-bond acceptors (Lipinski definition) is 4. The van der Waals surface area contributed by atoms with Gasteiger partial charge in [-0.3, -0.25) is 4.79 Å². The van der Waals surface area contributed by atoms with Gasteiger partial charge < -0.3 is 10.4 Å². The van der Waals surface area contributed by atoms with Crippen molar-refractivity contribution < 1.29 is 23.1 Å². The van der Waals surface area contributed by atoms with Crippen LogP contribution in [0.3, 0.4) is 0 Å². The van der Waals surface area contributed by atoms with Gasteiger partial charge in [0.25, 0.3) is 5.91 Å². The molecule has 0 heterocycles. The van der Waals surface area contributed by atoms with Crippen molar-refractivity contribution in [2.24, 2.45) is 0 Å². The van der Waals surface area contributed by atoms with Gasteiger partial charge in [-0.05, 0) is 42.8 Å². The molecule has 0 radical (unpaired) electrons. The van der Waals surface area contributed by atoms with Crippen molar-refractivity contribution in [1.29, 1.82) is 0 Å². The van der Waals surface area contributed by atoms with E-state index in [2.05, 4.69) is 5.32 Å². The molecule has 0 saturated heterocycles. The van der Waals surface area contributed by atoms with E-state index < -0.39 is 21.9 Å². The third kappa shape index (κ3) is 4.53. The van der Waals surface area contributed by atoms with Crippen LogP contribution in [0.1, 0.15) is 40.1 Å². The summed E-state index contributed by atoms with van der Waals surface area (Å²) in [5.74, 6) is -1.62. The Morgan fingerprint density at radius 1 is 1.04 bits per heavy atom. The molecule has 2 N–H and O–H groups in total. The third-order valence-electron chi connectivity index (χ3n) is 4.14. The molecule has 0 atom stereocenters. The maximum Gasteiger partial charge on any atom is 0.335 e. The minimum Gasteiger partial charge on any atom is -0.478 e. The highest BCUT2D eigenvalue weighted by Gasteiger charge is 2.24. The number of hydrogen-bond donors (Lipinski definition) is 2. The van der Waals surface area contributed by atoms with E-state index in [9.17, 15) is 18.0 Å². The first-order chi connectivity index (χ1) is 12.7. The second-order valence-corrected chi connectivity index (χ2v) is 7.82. The number of anilines is 1. The summed E-state index contributed by atoms with van der Waals surface area (Å²) in [5.41, 5.74) is 1.08. The first-order valence-electron chi connectivity index (χ1n) is 8.46. The van der Waals surface area contributed by atoms with Crippen molar-refractivity contribution in [2.75, 3.05) is 18.4 Å². The minimum absolute atomic E-state index is 0.0431. The van der Waals surface area contributed by atoms with E-state index in [0.29, 0.717) is 24.3 Å². The lowest BCUT2D eigenvalue weighted by atomic mass is 10.1. The summed E-state index contributed by atoms with van der Waals surface area (Å²) in [4.78, 5) is 23.6. The number of rotatable bonds is 7. The molecule has 7 nitrogen and oxygen atoms in total. The molecule has 0 aliphatic carbocycles. The lowest BCUT2D eigenvalue weighted by molar-refractivity contribution is 0.0696. The van der Waals surface area contributed by atoms with Gasteiger partial charge in [0.15, 0.2) is 0 Å². The van der Waals surface area contributed by atoms with E-state index in [1.54, 1.807) is 32.9 Å². The second-order valence-electron chi connectivity index (χ2n) is 5.91. The fourth-order valence-corrected chi connectivity index (χ4v) is 4.36. The van der Waals surface area contributed by atoms with Gasteiger partial charge in [0.05, 0.1) is 10.5 Å². The predicted octanol–water partition coefficient (Wildman–Crippen LogP) is 2.98. The highest BCUT2D eigenvalue weighted by molar-refractivity contribution is 7.89. The van der Waals surface area contributed by atoms with E-state index in [-0.39, 0.29) is 16.0 Å². The number of carbonyl (C=O) groups excluding carboxylic acids is 1. The number of carboxylic acids is 1. The molecular formula is C19H22N2O5S. The molecule has 1 amide bonds. The molecule has 8 heteroatoms. The minimum atomic E-state index is -3.70. The number of benzene rings is 2. The standard InChI is InChI=1S/C19H22N2O5S/c1-4-21(5-2)27(25,26)17-12-14(10-9-13(17)3)18(22)20-16-8-6-7-15(11-16)19(23)24/h6-12H,4-5H2,1-3H3,(H,20,22)(H,23,24). The molecule has 0 unspecified atom stereocenters. The highest BCUT2D eigenvalue weighted by atomic mass is 32.2. The monoisotopic (exact) mass is 390 g/mol. The Balaban J connectivity index is 2.36. The van der Waals surface area contributed by atoms with E-state index in [0.717, 1.165) is 0 Å². The zero-order valence-corrected chi connectivity index (χ0v) is 16.2. The lowest BCUT2D eigenvalue weighted by Gasteiger charge is -2.20. The normalized spacial score (nSPS) is 11.4. The smallest absolute Gasteiger partial charge is 0.335 e. The van der Waals surface area contributed by atoms with E-state index in [1.807, 2.05) is 0 Å². The molecule has 2 aromatic carbocycles. The van der Waals surface area contributed by atoms with Crippen LogP contribution in [0.15, 0.2) is 47.4 Å². The Morgan fingerprint density at radius 2 is 1.70 bits per heavy atom. The van der Waals surface area contributed by atoms with Crippen LogP contribution in [-0.4, -0.2) is 42.8 Å². The molecule has 2 rings (SSSR count). The topological polar surface area (TPSA) is 104 Å². The molecule has 0 fully saturated rings. The number of amides is 1. The summed E-state index contributed by atoms with van der Waals surface area (Å²) in [6, 6.07) is 10.3. The molecule has 0 aliphatic rings. The number of carbonyl (C=O) groups is 2. The van der Waals surface area contributed by atoms with Gasteiger partial charge in [0.1, 0.15) is 0 Å². The van der Waals surface area contributed by atoms with E-state index in [4.69, 9.17) is 5.11 Å². The Morgan fingerprint density at radius 3 is 2.30 bits per heavy atom. The van der Waals surface area contributed by atoms with Crippen LogP contribution in [0.2, 0.25) is 0 Å². The maximum atomic E-state index is 12.8. The Bertz CT molecular complexity index is 966. The summed E-state index contributed by atoms with van der Waals surface area (Å²) in [7, 11) is -3.70. The molecule has 0 saturated carbocycles. The number of carboxylic acid groups (broad SMARTS) is 1. The molecule has 27 heavy (non-hydrogen) atoms. The average molecular weight is 390 g/mol. The zero-order valence-electron chi connectivity index (χ0n) is 15.4. The molecular weight excluding hydrogens is 368 g/mol. The maximum absolute atomic E-state index is 12.8. The zero-order chi connectivity index (χ0) is 20.2. The van der Waals surface area contributed by atoms with Crippen molar-refractivity contribution in [2.45, 2.75) is 25.7 Å². The van der Waals surface area contributed by atoms with Crippen LogP contribution in [0.25, 0.3) is 0 Å². The largest absolute Gasteiger partial charge is 0.478 e. The highest BCUT2D eigenvalue weighted by Crippen LogP contribution is 2.22. The van der Waals surface area contributed by atoms with Crippen molar-refractivity contribution in [1.82, 2.24) is 4.31 Å². The summed E-state index contributed by atoms with van der Waals surface area (Å²) in [6.07, 6.45) is 0. The fraction of sp³-hybridized carbons (Fsp3) is 0.263. The molecule has 2 aromatic rings. The SMILES string of the molecule is CCN(CC)S(=O)(=O)c1cc(C(=O)Nc2cccc(C(=O)O)c2)ccc1C. The number of nitrogens with one attached hydrogen (secondary N) is 1. The van der Waals surface area contributed by atoms with E-state index in [1.165, 1.54) is 34.6 Å². The van der Waals surface area contributed by atoms with Gasteiger partial charge in [-0.1, -0.05) is 26.0 Å². The van der Waals surface area contributed by atoms with Crippen LogP contribution in [0, 0.1) is 6.92 Å². The molecule has 0 aliphatic heterocycles. The van der Waals surface area contributed by atoms with Crippen LogP contribution in [0.5, 0.6) is 0 Å². The molecule has 0 spiro atoms. The van der Waals surface area contributed by atoms with Gasteiger partial charge in [-0.2, -0.15) is 4.31 Å². The van der Waals surface area contributed by atoms with Crippen molar-refractivity contribution in [3.8, 4) is 0 Å². The average Bonchev–Trinajstić information content (AvgIpc) is 2.62. The van der Waals surface area contributed by atoms with Gasteiger partial charge in [-0.25, -0.2) is 13.2 Å². The number of aryl methyl sites for hydroxylation is 1. The summed E-state index contributed by atoms with van der Waals surface area (Å²) >= 11 is 0. The van der Waals surface area contributed by atoms with Crippen LogP contribution >= 0.6 is 0 Å². The van der Waals surface area contributed by atoms with Crippen molar-refractivity contribution >= 4 is 27.6 Å². The Hall–Kier alpha value is -2.71. The van der Waals surface area contributed by atoms with Gasteiger partial charge in [-0.15, -0.1) is 0 Å². The van der Waals surface area contributed by atoms with Crippen LogP contribution in [-0.2, 0) is 10.0 Å². The van der Waals surface area contributed by atoms with Crippen molar-refractivity contribution in [3.63, 3.8) is 0 Å². The lowest BCUT2D eigenvalue weighted by Crippen LogP contribution is -2.31. The molecule has 0 bridgehead atoms. The number of aromatic carboxylic acids is 1. The first-order valence-corrected chi connectivity index (χ1v) is 9.90. The van der Waals surface area contributed by atoms with Gasteiger partial charge >= 0.3 is 5.97 Å². The second kappa shape index (κ2) is 8.32. The Labute approximate surface area is 158 Å². The van der Waals surface area contributed by atoms with Gasteiger partial charge in [0.2, 0.25) is 10.0 Å². The number of sulfonamides is 1.